The summed E-state index contributed by atoms with van der Waals surface area (Å²) in [4.78, 5) is 4.49. The van der Waals surface area contributed by atoms with Crippen LogP contribution in [0.15, 0.2) is 48.7 Å². The van der Waals surface area contributed by atoms with E-state index in [-0.39, 0.29) is 6.10 Å². The van der Waals surface area contributed by atoms with Crippen molar-refractivity contribution in [1.82, 2.24) is 4.98 Å². The lowest BCUT2D eigenvalue weighted by Crippen LogP contribution is -2.07. The number of hydrogen-bond acceptors (Lipinski definition) is 2. The number of hydrogen-bond donors (Lipinski definition) is 0. The van der Waals surface area contributed by atoms with Crippen LogP contribution in [0.4, 0.5) is 0 Å². The highest BCUT2D eigenvalue weighted by molar-refractivity contribution is 6.36. The van der Waals surface area contributed by atoms with Crippen molar-refractivity contribution in [3.63, 3.8) is 0 Å². The molecular formula is C19H18ClNO. The summed E-state index contributed by atoms with van der Waals surface area (Å²) in [6, 6.07) is 14.2. The van der Waals surface area contributed by atoms with Crippen LogP contribution >= 0.6 is 11.6 Å². The standard InChI is InChI=1S/C19H18ClNO/c1-12(2)22-19-16(14-7-4-6-13(3)10-14)11-17(20)15-8-5-9-21-18(15)19/h4-12H,1-3H3. The molecule has 3 heteroatoms. The molecule has 0 unspecified atom stereocenters. The topological polar surface area (TPSA) is 22.1 Å². The summed E-state index contributed by atoms with van der Waals surface area (Å²) < 4.78 is 6.09. The minimum atomic E-state index is 0.0648. The zero-order valence-electron chi connectivity index (χ0n) is 12.9. The van der Waals surface area contributed by atoms with Crippen LogP contribution < -0.4 is 4.74 Å². The van der Waals surface area contributed by atoms with Crippen molar-refractivity contribution in [3.05, 3.63) is 59.2 Å². The quantitative estimate of drug-likeness (QED) is 0.623. The van der Waals surface area contributed by atoms with Crippen LogP contribution in [0, 0.1) is 6.92 Å². The van der Waals surface area contributed by atoms with Crippen LogP contribution in [0.3, 0.4) is 0 Å². The average molecular weight is 312 g/mol. The van der Waals surface area contributed by atoms with Crippen molar-refractivity contribution in [2.75, 3.05) is 0 Å². The molecule has 0 aliphatic carbocycles. The van der Waals surface area contributed by atoms with E-state index in [0.717, 1.165) is 27.8 Å². The Morgan fingerprint density at radius 3 is 2.64 bits per heavy atom. The Bertz CT molecular complexity index is 827. The van der Waals surface area contributed by atoms with Crippen molar-refractivity contribution in [2.45, 2.75) is 26.9 Å². The minimum absolute atomic E-state index is 0.0648. The fraction of sp³-hybridized carbons (Fsp3) is 0.211. The van der Waals surface area contributed by atoms with Crippen molar-refractivity contribution in [1.29, 1.82) is 0 Å². The van der Waals surface area contributed by atoms with Gasteiger partial charge in [-0.25, -0.2) is 0 Å². The monoisotopic (exact) mass is 311 g/mol. The summed E-state index contributed by atoms with van der Waals surface area (Å²) >= 11 is 6.46. The minimum Gasteiger partial charge on any atom is -0.488 e. The normalized spacial score (nSPS) is 11.1. The SMILES string of the molecule is Cc1cccc(-c2cc(Cl)c3cccnc3c2OC(C)C)c1. The summed E-state index contributed by atoms with van der Waals surface area (Å²) in [7, 11) is 0. The molecule has 0 spiro atoms. The second kappa shape index (κ2) is 5.98. The van der Waals surface area contributed by atoms with Gasteiger partial charge in [-0.15, -0.1) is 0 Å². The molecule has 3 rings (SSSR count). The fourth-order valence-corrected chi connectivity index (χ4v) is 2.82. The Kier molecular flexibility index (Phi) is 4.04. The van der Waals surface area contributed by atoms with Gasteiger partial charge in [0.1, 0.15) is 5.52 Å². The van der Waals surface area contributed by atoms with Crippen LogP contribution in [0.25, 0.3) is 22.0 Å². The number of pyridine rings is 1. The van der Waals surface area contributed by atoms with Gasteiger partial charge in [0.2, 0.25) is 0 Å². The van der Waals surface area contributed by atoms with E-state index in [1.54, 1.807) is 6.20 Å². The number of benzene rings is 2. The number of aryl methyl sites for hydroxylation is 1. The van der Waals surface area contributed by atoms with Gasteiger partial charge in [0.15, 0.2) is 5.75 Å². The van der Waals surface area contributed by atoms with E-state index in [1.165, 1.54) is 5.56 Å². The number of fused-ring (bicyclic) bond motifs is 1. The molecule has 2 nitrogen and oxygen atoms in total. The molecule has 0 amide bonds. The van der Waals surface area contributed by atoms with E-state index in [4.69, 9.17) is 16.3 Å². The summed E-state index contributed by atoms with van der Waals surface area (Å²) in [5.74, 6) is 0.792. The molecule has 0 saturated carbocycles. The maximum atomic E-state index is 6.46. The van der Waals surface area contributed by atoms with Gasteiger partial charge in [-0.05, 0) is 44.5 Å². The Balaban J connectivity index is 2.33. The molecule has 0 atom stereocenters. The van der Waals surface area contributed by atoms with E-state index >= 15 is 0 Å². The summed E-state index contributed by atoms with van der Waals surface area (Å²) in [5, 5.41) is 1.60. The predicted octanol–water partition coefficient (Wildman–Crippen LogP) is 5.65. The number of nitrogens with zero attached hydrogens (tertiary/aromatic N) is 1. The third-order valence-electron chi connectivity index (χ3n) is 3.48. The zero-order valence-corrected chi connectivity index (χ0v) is 13.7. The first-order valence-corrected chi connectivity index (χ1v) is 7.75. The molecule has 0 fully saturated rings. The molecular weight excluding hydrogens is 294 g/mol. The van der Waals surface area contributed by atoms with Gasteiger partial charge < -0.3 is 4.74 Å². The van der Waals surface area contributed by atoms with Gasteiger partial charge >= 0.3 is 0 Å². The van der Waals surface area contributed by atoms with Crippen LogP contribution in [0.5, 0.6) is 5.75 Å². The van der Waals surface area contributed by atoms with E-state index < -0.39 is 0 Å². The largest absolute Gasteiger partial charge is 0.488 e. The van der Waals surface area contributed by atoms with E-state index in [9.17, 15) is 0 Å². The van der Waals surface area contributed by atoms with E-state index in [1.807, 2.05) is 38.1 Å². The molecule has 0 saturated heterocycles. The summed E-state index contributed by atoms with van der Waals surface area (Å²) in [6.45, 7) is 6.11. The van der Waals surface area contributed by atoms with Gasteiger partial charge in [0, 0.05) is 17.1 Å². The first-order chi connectivity index (χ1) is 10.6. The van der Waals surface area contributed by atoms with Gasteiger partial charge in [-0.2, -0.15) is 0 Å². The number of aromatic nitrogens is 1. The lowest BCUT2D eigenvalue weighted by Gasteiger charge is -2.17. The molecule has 0 bridgehead atoms. The average Bonchev–Trinajstić information content (AvgIpc) is 2.49. The smallest absolute Gasteiger partial charge is 0.153 e. The highest BCUT2D eigenvalue weighted by Gasteiger charge is 2.16. The summed E-state index contributed by atoms with van der Waals surface area (Å²) in [5.41, 5.74) is 4.07. The number of rotatable bonds is 3. The maximum Gasteiger partial charge on any atom is 0.153 e. The van der Waals surface area contributed by atoms with Gasteiger partial charge in [-0.3, -0.25) is 4.98 Å². The molecule has 0 radical (unpaired) electrons. The zero-order chi connectivity index (χ0) is 15.7. The van der Waals surface area contributed by atoms with Crippen LogP contribution in [-0.4, -0.2) is 11.1 Å². The molecule has 0 aliphatic rings. The van der Waals surface area contributed by atoms with Gasteiger partial charge in [-0.1, -0.05) is 41.4 Å². The Hall–Kier alpha value is -2.06. The first kappa shape index (κ1) is 14.9. The molecule has 22 heavy (non-hydrogen) atoms. The molecule has 1 aromatic heterocycles. The Labute approximate surface area is 135 Å². The lowest BCUT2D eigenvalue weighted by atomic mass is 10.0. The molecule has 1 heterocycles. The second-order valence-corrected chi connectivity index (χ2v) is 6.08. The molecule has 0 N–H and O–H groups in total. The van der Waals surface area contributed by atoms with E-state index in [0.29, 0.717) is 5.02 Å². The maximum absolute atomic E-state index is 6.46. The summed E-state index contributed by atoms with van der Waals surface area (Å²) in [6.07, 6.45) is 1.83. The molecule has 112 valence electrons. The van der Waals surface area contributed by atoms with E-state index in [2.05, 4.69) is 30.1 Å². The second-order valence-electron chi connectivity index (χ2n) is 5.67. The van der Waals surface area contributed by atoms with Crippen LogP contribution in [0.2, 0.25) is 5.02 Å². The Morgan fingerprint density at radius 1 is 1.09 bits per heavy atom. The number of ether oxygens (including phenoxy) is 1. The van der Waals surface area contributed by atoms with Crippen molar-refractivity contribution in [3.8, 4) is 16.9 Å². The van der Waals surface area contributed by atoms with Gasteiger partial charge in [0.05, 0.1) is 11.1 Å². The first-order valence-electron chi connectivity index (χ1n) is 7.37. The van der Waals surface area contributed by atoms with Crippen LogP contribution in [-0.2, 0) is 0 Å². The van der Waals surface area contributed by atoms with Gasteiger partial charge in [0.25, 0.3) is 0 Å². The van der Waals surface area contributed by atoms with Crippen molar-refractivity contribution >= 4 is 22.5 Å². The third kappa shape index (κ3) is 2.79. The number of halogens is 1. The highest BCUT2D eigenvalue weighted by atomic mass is 35.5. The Morgan fingerprint density at radius 2 is 1.91 bits per heavy atom. The fourth-order valence-electron chi connectivity index (χ4n) is 2.56. The van der Waals surface area contributed by atoms with Crippen LogP contribution in [0.1, 0.15) is 19.4 Å². The predicted molar refractivity (Wildman–Crippen MR) is 92.7 cm³/mol. The van der Waals surface area contributed by atoms with Crippen molar-refractivity contribution < 1.29 is 4.74 Å². The lowest BCUT2D eigenvalue weighted by molar-refractivity contribution is 0.246. The highest BCUT2D eigenvalue weighted by Crippen LogP contribution is 2.40. The molecule has 2 aromatic carbocycles. The molecule has 3 aromatic rings. The third-order valence-corrected chi connectivity index (χ3v) is 3.79. The van der Waals surface area contributed by atoms with Crippen molar-refractivity contribution in [2.24, 2.45) is 0 Å². The molecule has 0 aliphatic heterocycles.